The fourth-order valence-corrected chi connectivity index (χ4v) is 1.93. The van der Waals surface area contributed by atoms with E-state index in [0.717, 1.165) is 17.0 Å². The Balaban J connectivity index is 1.98. The molecule has 0 spiro atoms. The van der Waals surface area contributed by atoms with Gasteiger partial charge in [0.1, 0.15) is 11.5 Å². The van der Waals surface area contributed by atoms with Crippen LogP contribution in [-0.2, 0) is 0 Å². The average molecular weight is 223 g/mol. The Morgan fingerprint density at radius 1 is 0.941 bits per heavy atom. The molecule has 0 fully saturated rings. The third kappa shape index (κ3) is 1.89. The SMILES string of the molecule is Cc1c[nH]c2ccc(Oc3ccccc3)cc12. The molecule has 17 heavy (non-hydrogen) atoms. The molecular weight excluding hydrogens is 210 g/mol. The summed E-state index contributed by atoms with van der Waals surface area (Å²) in [5.41, 5.74) is 2.38. The Bertz CT molecular complexity index is 640. The Morgan fingerprint density at radius 3 is 2.59 bits per heavy atom. The number of nitrogens with one attached hydrogen (secondary N) is 1. The maximum Gasteiger partial charge on any atom is 0.128 e. The van der Waals surface area contributed by atoms with Crippen molar-refractivity contribution in [3.63, 3.8) is 0 Å². The molecule has 0 aliphatic carbocycles. The van der Waals surface area contributed by atoms with Crippen LogP contribution in [0, 0.1) is 6.92 Å². The third-order valence-corrected chi connectivity index (χ3v) is 2.84. The Kier molecular flexibility index (Phi) is 2.33. The Labute approximate surface area is 99.9 Å². The maximum absolute atomic E-state index is 5.80. The van der Waals surface area contributed by atoms with Crippen LogP contribution < -0.4 is 4.74 Å². The lowest BCUT2D eigenvalue weighted by Gasteiger charge is -2.05. The van der Waals surface area contributed by atoms with Crippen LogP contribution in [0.3, 0.4) is 0 Å². The van der Waals surface area contributed by atoms with Crippen LogP contribution in [0.1, 0.15) is 5.56 Å². The second kappa shape index (κ2) is 3.98. The highest BCUT2D eigenvalue weighted by Crippen LogP contribution is 2.26. The second-order valence-electron chi connectivity index (χ2n) is 4.09. The lowest BCUT2D eigenvalue weighted by Crippen LogP contribution is -1.83. The Hall–Kier alpha value is -2.22. The molecule has 0 aliphatic heterocycles. The zero-order valence-corrected chi connectivity index (χ0v) is 9.60. The quantitative estimate of drug-likeness (QED) is 0.689. The van der Waals surface area contributed by atoms with Gasteiger partial charge in [-0.2, -0.15) is 0 Å². The van der Waals surface area contributed by atoms with Gasteiger partial charge in [0.05, 0.1) is 0 Å². The summed E-state index contributed by atoms with van der Waals surface area (Å²) in [7, 11) is 0. The first kappa shape index (κ1) is 9.97. The smallest absolute Gasteiger partial charge is 0.128 e. The zero-order chi connectivity index (χ0) is 11.7. The fraction of sp³-hybridized carbons (Fsp3) is 0.0667. The van der Waals surface area contributed by atoms with Gasteiger partial charge >= 0.3 is 0 Å². The molecule has 2 aromatic carbocycles. The van der Waals surface area contributed by atoms with Crippen LogP contribution in [0.25, 0.3) is 10.9 Å². The molecule has 1 heterocycles. The minimum atomic E-state index is 0.861. The number of ether oxygens (including phenoxy) is 1. The summed E-state index contributed by atoms with van der Waals surface area (Å²) in [6.07, 6.45) is 2.01. The van der Waals surface area contributed by atoms with Gasteiger partial charge in [-0.25, -0.2) is 0 Å². The van der Waals surface area contributed by atoms with E-state index in [1.807, 2.05) is 48.7 Å². The lowest BCUT2D eigenvalue weighted by molar-refractivity contribution is 0.483. The normalized spacial score (nSPS) is 10.6. The monoisotopic (exact) mass is 223 g/mol. The number of rotatable bonds is 2. The Morgan fingerprint density at radius 2 is 1.76 bits per heavy atom. The summed E-state index contributed by atoms with van der Waals surface area (Å²) in [4.78, 5) is 3.22. The molecule has 0 unspecified atom stereocenters. The van der Waals surface area contributed by atoms with Gasteiger partial charge in [-0.3, -0.25) is 0 Å². The molecule has 1 aromatic heterocycles. The van der Waals surface area contributed by atoms with Crippen LogP contribution in [0.15, 0.2) is 54.7 Å². The van der Waals surface area contributed by atoms with Crippen LogP contribution in [0.2, 0.25) is 0 Å². The van der Waals surface area contributed by atoms with Gasteiger partial charge in [0.25, 0.3) is 0 Å². The van der Waals surface area contributed by atoms with Gasteiger partial charge in [0.2, 0.25) is 0 Å². The first-order chi connectivity index (χ1) is 8.33. The van der Waals surface area contributed by atoms with Gasteiger partial charge in [0, 0.05) is 17.1 Å². The number of hydrogen-bond donors (Lipinski definition) is 1. The van der Waals surface area contributed by atoms with Crippen LogP contribution >= 0.6 is 0 Å². The van der Waals surface area contributed by atoms with E-state index < -0.39 is 0 Å². The number of aryl methyl sites for hydroxylation is 1. The van der Waals surface area contributed by atoms with Crippen molar-refractivity contribution in [1.82, 2.24) is 4.98 Å². The highest BCUT2D eigenvalue weighted by molar-refractivity contribution is 5.84. The second-order valence-corrected chi connectivity index (χ2v) is 4.09. The molecule has 2 heteroatoms. The fourth-order valence-electron chi connectivity index (χ4n) is 1.93. The molecule has 3 rings (SSSR count). The maximum atomic E-state index is 5.80. The van der Waals surface area contributed by atoms with E-state index in [2.05, 4.69) is 18.0 Å². The van der Waals surface area contributed by atoms with E-state index in [9.17, 15) is 0 Å². The molecule has 3 aromatic rings. The molecule has 2 nitrogen and oxygen atoms in total. The van der Waals surface area contributed by atoms with E-state index >= 15 is 0 Å². The molecule has 0 amide bonds. The zero-order valence-electron chi connectivity index (χ0n) is 9.60. The van der Waals surface area contributed by atoms with E-state index in [0.29, 0.717) is 0 Å². The van der Waals surface area contributed by atoms with Crippen molar-refractivity contribution in [3.05, 3.63) is 60.3 Å². The highest BCUT2D eigenvalue weighted by atomic mass is 16.5. The van der Waals surface area contributed by atoms with E-state index in [4.69, 9.17) is 4.74 Å². The average Bonchev–Trinajstić information content (AvgIpc) is 2.73. The predicted molar refractivity (Wildman–Crippen MR) is 69.6 cm³/mol. The molecule has 0 aliphatic rings. The first-order valence-corrected chi connectivity index (χ1v) is 5.63. The van der Waals surface area contributed by atoms with Crippen molar-refractivity contribution >= 4 is 10.9 Å². The molecular formula is C15H13NO. The molecule has 84 valence electrons. The standard InChI is InChI=1S/C15H13NO/c1-11-10-16-15-8-7-13(9-14(11)15)17-12-5-3-2-4-6-12/h2-10,16H,1H3. The largest absolute Gasteiger partial charge is 0.457 e. The van der Waals surface area contributed by atoms with Gasteiger partial charge in [-0.1, -0.05) is 18.2 Å². The summed E-state index contributed by atoms with van der Waals surface area (Å²) < 4.78 is 5.80. The van der Waals surface area contributed by atoms with Crippen molar-refractivity contribution in [2.75, 3.05) is 0 Å². The van der Waals surface area contributed by atoms with Crippen molar-refractivity contribution in [2.45, 2.75) is 6.92 Å². The van der Waals surface area contributed by atoms with Crippen molar-refractivity contribution < 1.29 is 4.74 Å². The minimum Gasteiger partial charge on any atom is -0.457 e. The van der Waals surface area contributed by atoms with E-state index in [1.54, 1.807) is 0 Å². The minimum absolute atomic E-state index is 0.861. The van der Waals surface area contributed by atoms with E-state index in [1.165, 1.54) is 10.9 Å². The van der Waals surface area contributed by atoms with Gasteiger partial charge in [0.15, 0.2) is 0 Å². The van der Waals surface area contributed by atoms with Crippen LogP contribution in [0.4, 0.5) is 0 Å². The van der Waals surface area contributed by atoms with Crippen LogP contribution in [0.5, 0.6) is 11.5 Å². The van der Waals surface area contributed by atoms with Gasteiger partial charge in [-0.05, 0) is 42.8 Å². The lowest BCUT2D eigenvalue weighted by atomic mass is 10.2. The summed E-state index contributed by atoms with van der Waals surface area (Å²) >= 11 is 0. The third-order valence-electron chi connectivity index (χ3n) is 2.84. The van der Waals surface area contributed by atoms with Gasteiger partial charge < -0.3 is 9.72 Å². The number of hydrogen-bond acceptors (Lipinski definition) is 1. The number of H-pyrrole nitrogens is 1. The molecule has 0 saturated heterocycles. The molecule has 0 saturated carbocycles. The summed E-state index contributed by atoms with van der Waals surface area (Å²) in [6.45, 7) is 2.09. The number of aromatic amines is 1. The molecule has 0 atom stereocenters. The number of benzene rings is 2. The van der Waals surface area contributed by atoms with Crippen LogP contribution in [-0.4, -0.2) is 4.98 Å². The first-order valence-electron chi connectivity index (χ1n) is 5.63. The number of fused-ring (bicyclic) bond motifs is 1. The predicted octanol–water partition coefficient (Wildman–Crippen LogP) is 4.27. The number of aromatic nitrogens is 1. The van der Waals surface area contributed by atoms with Crippen molar-refractivity contribution in [1.29, 1.82) is 0 Å². The molecule has 0 bridgehead atoms. The molecule has 1 N–H and O–H groups in total. The topological polar surface area (TPSA) is 25.0 Å². The summed E-state index contributed by atoms with van der Waals surface area (Å²) in [5, 5.41) is 1.21. The summed E-state index contributed by atoms with van der Waals surface area (Å²) in [6, 6.07) is 15.9. The van der Waals surface area contributed by atoms with Crippen molar-refractivity contribution in [2.24, 2.45) is 0 Å². The summed E-state index contributed by atoms with van der Waals surface area (Å²) in [5.74, 6) is 1.73. The molecule has 0 radical (unpaired) electrons. The number of para-hydroxylation sites is 1. The highest BCUT2D eigenvalue weighted by Gasteiger charge is 2.02. The van der Waals surface area contributed by atoms with Crippen molar-refractivity contribution in [3.8, 4) is 11.5 Å². The van der Waals surface area contributed by atoms with Gasteiger partial charge in [-0.15, -0.1) is 0 Å². The van der Waals surface area contributed by atoms with E-state index in [-0.39, 0.29) is 0 Å².